The van der Waals surface area contributed by atoms with Crippen LogP contribution >= 0.6 is 0 Å². The van der Waals surface area contributed by atoms with Crippen molar-refractivity contribution in [1.29, 1.82) is 0 Å². The molecule has 1 rings (SSSR count). The second kappa shape index (κ2) is 4.42. The van der Waals surface area contributed by atoms with Crippen LogP contribution in [-0.4, -0.2) is 41.9 Å². The van der Waals surface area contributed by atoms with E-state index in [9.17, 15) is 4.79 Å². The van der Waals surface area contributed by atoms with Gasteiger partial charge in [-0.15, -0.1) is 0 Å². The van der Waals surface area contributed by atoms with Gasteiger partial charge in [-0.1, -0.05) is 0 Å². The molecule has 0 aliphatic carbocycles. The maximum atomic E-state index is 10.5. The Kier molecular flexibility index (Phi) is 3.49. The summed E-state index contributed by atoms with van der Waals surface area (Å²) in [6.07, 6.45) is 1.39. The van der Waals surface area contributed by atoms with Crippen molar-refractivity contribution in [3.63, 3.8) is 0 Å². The van der Waals surface area contributed by atoms with Gasteiger partial charge in [-0.3, -0.25) is 9.69 Å². The van der Waals surface area contributed by atoms with Crippen LogP contribution in [0.3, 0.4) is 0 Å². The lowest BCUT2D eigenvalue weighted by Crippen LogP contribution is -2.37. The Labute approximate surface area is 72.1 Å². The van der Waals surface area contributed by atoms with E-state index in [0.29, 0.717) is 6.73 Å². The second-order valence-electron chi connectivity index (χ2n) is 3.11. The molecule has 0 aromatic carbocycles. The van der Waals surface area contributed by atoms with E-state index in [-0.39, 0.29) is 12.1 Å². The molecule has 0 aromatic rings. The summed E-state index contributed by atoms with van der Waals surface area (Å²) in [5, 5.41) is 9.17. The summed E-state index contributed by atoms with van der Waals surface area (Å²) in [6.45, 7) is 3.39. The van der Waals surface area contributed by atoms with Gasteiger partial charge in [-0.05, 0) is 12.8 Å². The van der Waals surface area contributed by atoms with Gasteiger partial charge in [0, 0.05) is 20.0 Å². The van der Waals surface area contributed by atoms with Gasteiger partial charge in [0.25, 0.3) is 0 Å². The van der Waals surface area contributed by atoms with E-state index < -0.39 is 0 Å². The molecule has 1 aliphatic rings. The number of likely N-dealkylation sites (tertiary alicyclic amines) is 1. The van der Waals surface area contributed by atoms with E-state index in [0.717, 1.165) is 25.9 Å². The number of carbonyl (C=O) groups excluding carboxylic acids is 1. The fraction of sp³-hybridized carbons (Fsp3) is 0.875. The van der Waals surface area contributed by atoms with E-state index in [2.05, 4.69) is 0 Å². The summed E-state index contributed by atoms with van der Waals surface area (Å²) in [5.41, 5.74) is 0. The normalized spacial score (nSPS) is 20.8. The summed E-state index contributed by atoms with van der Waals surface area (Å²) in [7, 11) is 0. The van der Waals surface area contributed by atoms with Crippen molar-refractivity contribution in [3.8, 4) is 0 Å². The average molecular weight is 173 g/mol. The maximum Gasteiger partial charge on any atom is 0.303 e. The van der Waals surface area contributed by atoms with Crippen molar-refractivity contribution < 1.29 is 14.6 Å². The van der Waals surface area contributed by atoms with Gasteiger partial charge in [0.15, 0.2) is 0 Å². The number of carbonyl (C=O) groups is 1. The molecule has 0 radical (unpaired) electrons. The molecule has 0 aromatic heterocycles. The zero-order valence-electron chi connectivity index (χ0n) is 7.32. The molecule has 4 heteroatoms. The highest BCUT2D eigenvalue weighted by Crippen LogP contribution is 2.09. The zero-order chi connectivity index (χ0) is 8.97. The monoisotopic (exact) mass is 173 g/mol. The summed E-state index contributed by atoms with van der Waals surface area (Å²) < 4.78 is 4.82. The Hall–Kier alpha value is -0.610. The maximum absolute atomic E-state index is 10.5. The van der Waals surface area contributed by atoms with Crippen molar-refractivity contribution in [2.45, 2.75) is 25.9 Å². The van der Waals surface area contributed by atoms with Crippen molar-refractivity contribution in [3.05, 3.63) is 0 Å². The van der Waals surface area contributed by atoms with Gasteiger partial charge >= 0.3 is 5.97 Å². The Morgan fingerprint density at radius 3 is 2.67 bits per heavy atom. The number of ether oxygens (including phenoxy) is 1. The summed E-state index contributed by atoms with van der Waals surface area (Å²) in [5.74, 6) is -0.249. The van der Waals surface area contributed by atoms with Gasteiger partial charge in [0.1, 0.15) is 6.73 Å². The molecule has 1 fully saturated rings. The minimum atomic E-state index is -0.249. The van der Waals surface area contributed by atoms with Gasteiger partial charge in [-0.2, -0.15) is 0 Å². The molecule has 1 N–H and O–H groups in total. The summed E-state index contributed by atoms with van der Waals surface area (Å²) in [6, 6.07) is 0. The minimum absolute atomic E-state index is 0.168. The van der Waals surface area contributed by atoms with Gasteiger partial charge in [0.05, 0.1) is 6.10 Å². The number of hydrogen-bond acceptors (Lipinski definition) is 4. The Morgan fingerprint density at radius 1 is 1.58 bits per heavy atom. The SMILES string of the molecule is CC(=O)OCN1CCC(O)CC1. The molecule has 70 valence electrons. The Morgan fingerprint density at radius 2 is 2.17 bits per heavy atom. The number of hydrogen-bond donors (Lipinski definition) is 1. The fourth-order valence-electron chi connectivity index (χ4n) is 1.23. The lowest BCUT2D eigenvalue weighted by molar-refractivity contribution is -0.146. The standard InChI is InChI=1S/C8H15NO3/c1-7(10)12-6-9-4-2-8(11)3-5-9/h8,11H,2-6H2,1H3. The largest absolute Gasteiger partial charge is 0.450 e. The predicted octanol–water partition coefficient (Wildman–Crippen LogP) is -0.0363. The molecule has 4 nitrogen and oxygen atoms in total. The third-order valence-corrected chi connectivity index (χ3v) is 2.01. The van der Waals surface area contributed by atoms with Gasteiger partial charge < -0.3 is 9.84 Å². The van der Waals surface area contributed by atoms with E-state index in [1.165, 1.54) is 6.92 Å². The first-order chi connectivity index (χ1) is 5.68. The lowest BCUT2D eigenvalue weighted by Gasteiger charge is -2.28. The molecule has 0 atom stereocenters. The quantitative estimate of drug-likeness (QED) is 0.595. The van der Waals surface area contributed by atoms with Crippen molar-refractivity contribution in [2.24, 2.45) is 0 Å². The van der Waals surface area contributed by atoms with Crippen LogP contribution in [0.4, 0.5) is 0 Å². The first-order valence-electron chi connectivity index (χ1n) is 4.22. The smallest absolute Gasteiger partial charge is 0.303 e. The van der Waals surface area contributed by atoms with Crippen LogP contribution in [0.2, 0.25) is 0 Å². The molecule has 0 amide bonds. The van der Waals surface area contributed by atoms with Crippen molar-refractivity contribution in [2.75, 3.05) is 19.8 Å². The molecular weight excluding hydrogens is 158 g/mol. The average Bonchev–Trinajstić information content (AvgIpc) is 2.03. The first-order valence-corrected chi connectivity index (χ1v) is 4.22. The minimum Gasteiger partial charge on any atom is -0.450 e. The van der Waals surface area contributed by atoms with Crippen LogP contribution < -0.4 is 0 Å². The van der Waals surface area contributed by atoms with Crippen LogP contribution in [-0.2, 0) is 9.53 Å². The predicted molar refractivity (Wildman–Crippen MR) is 43.4 cm³/mol. The third kappa shape index (κ3) is 3.19. The van der Waals surface area contributed by atoms with E-state index in [1.54, 1.807) is 0 Å². The summed E-state index contributed by atoms with van der Waals surface area (Å²) in [4.78, 5) is 12.5. The van der Waals surface area contributed by atoms with Gasteiger partial charge in [-0.25, -0.2) is 0 Å². The lowest BCUT2D eigenvalue weighted by atomic mass is 10.1. The Bertz CT molecular complexity index is 152. The molecular formula is C8H15NO3. The molecule has 12 heavy (non-hydrogen) atoms. The summed E-state index contributed by atoms with van der Waals surface area (Å²) >= 11 is 0. The molecule has 0 saturated carbocycles. The van der Waals surface area contributed by atoms with Gasteiger partial charge in [0.2, 0.25) is 0 Å². The number of aliphatic hydroxyl groups is 1. The van der Waals surface area contributed by atoms with Crippen LogP contribution in [0.5, 0.6) is 0 Å². The highest BCUT2D eigenvalue weighted by Gasteiger charge is 2.16. The highest BCUT2D eigenvalue weighted by molar-refractivity contribution is 5.65. The van der Waals surface area contributed by atoms with Crippen molar-refractivity contribution >= 4 is 5.97 Å². The molecule has 0 bridgehead atoms. The number of piperidine rings is 1. The van der Waals surface area contributed by atoms with Crippen molar-refractivity contribution in [1.82, 2.24) is 4.90 Å². The van der Waals surface area contributed by atoms with E-state index >= 15 is 0 Å². The molecule has 1 saturated heterocycles. The van der Waals surface area contributed by atoms with E-state index in [1.807, 2.05) is 4.90 Å². The molecule has 0 spiro atoms. The number of rotatable bonds is 2. The second-order valence-corrected chi connectivity index (χ2v) is 3.11. The third-order valence-electron chi connectivity index (χ3n) is 2.01. The first kappa shape index (κ1) is 9.48. The van der Waals surface area contributed by atoms with E-state index in [4.69, 9.17) is 9.84 Å². The number of nitrogens with zero attached hydrogens (tertiary/aromatic N) is 1. The van der Waals surface area contributed by atoms with Crippen LogP contribution in [0.15, 0.2) is 0 Å². The molecule has 1 heterocycles. The zero-order valence-corrected chi connectivity index (χ0v) is 7.32. The molecule has 0 unspecified atom stereocenters. The fourth-order valence-corrected chi connectivity index (χ4v) is 1.23. The highest BCUT2D eigenvalue weighted by atomic mass is 16.5. The van der Waals surface area contributed by atoms with Crippen LogP contribution in [0.25, 0.3) is 0 Å². The van der Waals surface area contributed by atoms with Crippen LogP contribution in [0.1, 0.15) is 19.8 Å². The number of esters is 1. The number of aliphatic hydroxyl groups excluding tert-OH is 1. The topological polar surface area (TPSA) is 49.8 Å². The Balaban J connectivity index is 2.13. The van der Waals surface area contributed by atoms with Crippen LogP contribution in [0, 0.1) is 0 Å². The molecule has 1 aliphatic heterocycles.